The van der Waals surface area contributed by atoms with Crippen LogP contribution in [-0.2, 0) is 14.9 Å². The van der Waals surface area contributed by atoms with E-state index in [1.165, 1.54) is 14.8 Å². The van der Waals surface area contributed by atoms with Crippen molar-refractivity contribution in [3.63, 3.8) is 0 Å². The molecule has 28 heavy (non-hydrogen) atoms. The van der Waals surface area contributed by atoms with Gasteiger partial charge in [-0.3, -0.25) is 4.79 Å². The number of aryl methyl sites for hydroxylation is 1. The summed E-state index contributed by atoms with van der Waals surface area (Å²) in [5, 5.41) is 0. The smallest absolute Gasteiger partial charge is 0.282 e. The molecule has 0 aromatic carbocycles. The van der Waals surface area contributed by atoms with Gasteiger partial charge in [0.2, 0.25) is 0 Å². The van der Waals surface area contributed by atoms with Gasteiger partial charge in [0.25, 0.3) is 16.1 Å². The Kier molecular flexibility index (Phi) is 6.64. The molecule has 0 spiro atoms. The van der Waals surface area contributed by atoms with Crippen molar-refractivity contribution in [2.24, 2.45) is 0 Å². The van der Waals surface area contributed by atoms with E-state index in [2.05, 4.69) is 9.97 Å². The highest BCUT2D eigenvalue weighted by atomic mass is 32.2. The van der Waals surface area contributed by atoms with Crippen LogP contribution in [0.5, 0.6) is 0 Å². The van der Waals surface area contributed by atoms with Crippen LogP contribution in [0.3, 0.4) is 0 Å². The van der Waals surface area contributed by atoms with E-state index in [0.717, 1.165) is 6.42 Å². The van der Waals surface area contributed by atoms with Gasteiger partial charge in [0, 0.05) is 38.9 Å². The third kappa shape index (κ3) is 4.05. The predicted octanol–water partition coefficient (Wildman–Crippen LogP) is 0.981. The van der Waals surface area contributed by atoms with Gasteiger partial charge in [-0.05, 0) is 19.8 Å². The molecule has 9 nitrogen and oxygen atoms in total. The molecular weight excluding hydrogens is 382 g/mol. The molecule has 2 saturated heterocycles. The Morgan fingerprint density at radius 1 is 1.25 bits per heavy atom. The molecule has 1 unspecified atom stereocenters. The monoisotopic (exact) mass is 411 g/mol. The molecule has 2 aliphatic rings. The Morgan fingerprint density at radius 2 is 1.93 bits per heavy atom. The van der Waals surface area contributed by atoms with E-state index in [1.54, 1.807) is 11.8 Å². The molecular formula is C18H29N5O4S. The average molecular weight is 412 g/mol. The molecule has 1 aromatic heterocycles. The van der Waals surface area contributed by atoms with E-state index in [9.17, 15) is 13.2 Å². The maximum absolute atomic E-state index is 13.1. The third-order valence-corrected chi connectivity index (χ3v) is 7.51. The molecule has 3 heterocycles. The van der Waals surface area contributed by atoms with Gasteiger partial charge in [-0.25, -0.2) is 9.97 Å². The van der Waals surface area contributed by atoms with Crippen molar-refractivity contribution < 1.29 is 17.9 Å². The number of rotatable bonds is 6. The summed E-state index contributed by atoms with van der Waals surface area (Å²) < 4.78 is 34.6. The topological polar surface area (TPSA) is 95.9 Å². The summed E-state index contributed by atoms with van der Waals surface area (Å²) >= 11 is 0. The average Bonchev–Trinajstić information content (AvgIpc) is 3.19. The van der Waals surface area contributed by atoms with Gasteiger partial charge in [-0.2, -0.15) is 17.0 Å². The lowest BCUT2D eigenvalue weighted by Crippen LogP contribution is -2.44. The summed E-state index contributed by atoms with van der Waals surface area (Å²) in [4.78, 5) is 23.6. The van der Waals surface area contributed by atoms with E-state index in [0.29, 0.717) is 69.4 Å². The summed E-state index contributed by atoms with van der Waals surface area (Å²) in [7, 11) is -3.62. The minimum absolute atomic E-state index is 0.162. The lowest BCUT2D eigenvalue weighted by molar-refractivity contribution is 0.0300. The van der Waals surface area contributed by atoms with Gasteiger partial charge in [0.15, 0.2) is 0 Å². The number of ether oxygens (including phenoxy) is 1. The summed E-state index contributed by atoms with van der Waals surface area (Å²) in [5.74, 6) is 0.367. The fraction of sp³-hybridized carbons (Fsp3) is 0.722. The van der Waals surface area contributed by atoms with E-state index in [1.807, 2.05) is 13.8 Å². The van der Waals surface area contributed by atoms with Gasteiger partial charge >= 0.3 is 0 Å². The standard InChI is InChI=1S/C18H29N5O4S/c1-4-22(5-2)28(25,26)23-8-6-7-16(23)17-15(13-19-14(3)20-17)18(24)21-9-11-27-12-10-21/h13,16H,4-12H2,1-3H3. The van der Waals surface area contributed by atoms with Crippen molar-refractivity contribution in [1.82, 2.24) is 23.5 Å². The Balaban J connectivity index is 1.97. The van der Waals surface area contributed by atoms with Crippen LogP contribution in [0.4, 0.5) is 0 Å². The van der Waals surface area contributed by atoms with Crippen LogP contribution >= 0.6 is 0 Å². The first kappa shape index (κ1) is 21.1. The zero-order valence-electron chi connectivity index (χ0n) is 16.8. The van der Waals surface area contributed by atoms with Crippen LogP contribution in [0.25, 0.3) is 0 Å². The maximum atomic E-state index is 13.1. The van der Waals surface area contributed by atoms with Crippen molar-refractivity contribution in [3.05, 3.63) is 23.3 Å². The first-order chi connectivity index (χ1) is 13.4. The minimum atomic E-state index is -3.62. The van der Waals surface area contributed by atoms with Gasteiger partial charge in [0.05, 0.1) is 30.5 Å². The predicted molar refractivity (Wildman–Crippen MR) is 104 cm³/mol. The first-order valence-corrected chi connectivity index (χ1v) is 11.3. The molecule has 0 N–H and O–H groups in total. The number of morpholine rings is 1. The lowest BCUT2D eigenvalue weighted by Gasteiger charge is -2.31. The molecule has 0 saturated carbocycles. The van der Waals surface area contributed by atoms with E-state index < -0.39 is 16.3 Å². The SMILES string of the molecule is CCN(CC)S(=O)(=O)N1CCCC1c1nc(C)ncc1C(=O)N1CCOCC1. The molecule has 0 aliphatic carbocycles. The summed E-state index contributed by atoms with van der Waals surface area (Å²) in [6, 6.07) is -0.452. The highest BCUT2D eigenvalue weighted by Crippen LogP contribution is 2.36. The maximum Gasteiger partial charge on any atom is 0.282 e. The molecule has 1 aromatic rings. The number of hydrogen-bond donors (Lipinski definition) is 0. The first-order valence-electron chi connectivity index (χ1n) is 9.87. The van der Waals surface area contributed by atoms with Crippen LogP contribution in [-0.4, -0.2) is 83.7 Å². The highest BCUT2D eigenvalue weighted by Gasteiger charge is 2.40. The van der Waals surface area contributed by atoms with E-state index in [4.69, 9.17) is 4.74 Å². The Bertz CT molecular complexity index is 806. The van der Waals surface area contributed by atoms with Crippen molar-refractivity contribution in [2.75, 3.05) is 45.9 Å². The van der Waals surface area contributed by atoms with Gasteiger partial charge in [0.1, 0.15) is 5.82 Å². The number of hydrogen-bond acceptors (Lipinski definition) is 6. The van der Waals surface area contributed by atoms with Crippen molar-refractivity contribution in [1.29, 1.82) is 0 Å². The van der Waals surface area contributed by atoms with Crippen LogP contribution in [0.2, 0.25) is 0 Å². The van der Waals surface area contributed by atoms with Crippen LogP contribution in [0.15, 0.2) is 6.20 Å². The molecule has 1 atom stereocenters. The number of aromatic nitrogens is 2. The second kappa shape index (κ2) is 8.81. The molecule has 156 valence electrons. The molecule has 3 rings (SSSR count). The Labute approximate surface area is 166 Å². The van der Waals surface area contributed by atoms with Gasteiger partial charge < -0.3 is 9.64 Å². The largest absolute Gasteiger partial charge is 0.378 e. The molecule has 10 heteroatoms. The van der Waals surface area contributed by atoms with E-state index >= 15 is 0 Å². The van der Waals surface area contributed by atoms with Crippen LogP contribution in [0.1, 0.15) is 54.6 Å². The Morgan fingerprint density at radius 3 is 2.57 bits per heavy atom. The van der Waals surface area contributed by atoms with Crippen molar-refractivity contribution in [2.45, 2.75) is 39.7 Å². The summed E-state index contributed by atoms with van der Waals surface area (Å²) in [6.45, 7) is 8.68. The minimum Gasteiger partial charge on any atom is -0.378 e. The fourth-order valence-corrected chi connectivity index (χ4v) is 5.67. The van der Waals surface area contributed by atoms with Crippen molar-refractivity contribution in [3.8, 4) is 0 Å². The third-order valence-electron chi connectivity index (χ3n) is 5.31. The number of nitrogens with zero attached hydrogens (tertiary/aromatic N) is 5. The van der Waals surface area contributed by atoms with Crippen molar-refractivity contribution >= 4 is 16.1 Å². The van der Waals surface area contributed by atoms with Crippen LogP contribution < -0.4 is 0 Å². The number of amides is 1. The fourth-order valence-electron chi connectivity index (χ4n) is 3.83. The molecule has 0 bridgehead atoms. The molecule has 0 radical (unpaired) electrons. The summed E-state index contributed by atoms with van der Waals surface area (Å²) in [6.07, 6.45) is 2.91. The molecule has 1 amide bonds. The zero-order valence-corrected chi connectivity index (χ0v) is 17.6. The van der Waals surface area contributed by atoms with E-state index in [-0.39, 0.29) is 5.91 Å². The second-order valence-corrected chi connectivity index (χ2v) is 8.86. The van der Waals surface area contributed by atoms with Gasteiger partial charge in [-0.1, -0.05) is 13.8 Å². The normalized spacial score (nSPS) is 21.4. The van der Waals surface area contributed by atoms with Crippen LogP contribution in [0, 0.1) is 6.92 Å². The van der Waals surface area contributed by atoms with Gasteiger partial charge in [-0.15, -0.1) is 0 Å². The second-order valence-electron chi connectivity index (χ2n) is 6.98. The molecule has 2 fully saturated rings. The lowest BCUT2D eigenvalue weighted by atomic mass is 10.1. The summed E-state index contributed by atoms with van der Waals surface area (Å²) in [5.41, 5.74) is 0.899. The number of carbonyl (C=O) groups is 1. The quantitative estimate of drug-likeness (QED) is 0.692. The zero-order chi connectivity index (χ0) is 20.3. The number of carbonyl (C=O) groups excluding carboxylic acids is 1. The molecule has 2 aliphatic heterocycles. The highest BCUT2D eigenvalue weighted by molar-refractivity contribution is 7.86. The Hall–Kier alpha value is -1.62.